The van der Waals surface area contributed by atoms with Crippen LogP contribution in [0, 0.1) is 5.82 Å². The summed E-state index contributed by atoms with van der Waals surface area (Å²) in [6.45, 7) is 2.10. The molecule has 3 heterocycles. The molecule has 3 aromatic rings. The van der Waals surface area contributed by atoms with Crippen LogP contribution < -0.4 is 0 Å². The first-order chi connectivity index (χ1) is 14.2. The highest BCUT2D eigenvalue weighted by molar-refractivity contribution is 5.91. The number of hydrogen-bond donors (Lipinski definition) is 0. The summed E-state index contributed by atoms with van der Waals surface area (Å²) in [7, 11) is 0. The fraction of sp³-hybridized carbons (Fsp3) is 0.333. The van der Waals surface area contributed by atoms with E-state index >= 15 is 0 Å². The van der Waals surface area contributed by atoms with E-state index in [1.165, 1.54) is 12.1 Å². The van der Waals surface area contributed by atoms with Crippen LogP contribution in [-0.4, -0.2) is 50.0 Å². The second-order valence-corrected chi connectivity index (χ2v) is 7.10. The van der Waals surface area contributed by atoms with Crippen molar-refractivity contribution in [3.05, 3.63) is 77.6 Å². The Kier molecular flexibility index (Phi) is 5.90. The molecule has 0 radical (unpaired) electrons. The van der Waals surface area contributed by atoms with Gasteiger partial charge in [-0.2, -0.15) is 0 Å². The molecule has 1 fully saturated rings. The summed E-state index contributed by atoms with van der Waals surface area (Å²) in [6.07, 6.45) is 7.04. The van der Waals surface area contributed by atoms with Crippen LogP contribution in [0.1, 0.15) is 34.5 Å². The molecule has 29 heavy (non-hydrogen) atoms. The second kappa shape index (κ2) is 8.91. The maximum atomic E-state index is 13.1. The predicted octanol–water partition coefficient (Wildman–Crippen LogP) is 2.68. The first-order valence-corrected chi connectivity index (χ1v) is 9.62. The highest BCUT2D eigenvalue weighted by Crippen LogP contribution is 2.17. The minimum Gasteiger partial charge on any atom is -0.376 e. The van der Waals surface area contributed by atoms with E-state index in [1.54, 1.807) is 40.3 Å². The largest absolute Gasteiger partial charge is 0.376 e. The lowest BCUT2D eigenvalue weighted by molar-refractivity contribution is 0.0502. The highest BCUT2D eigenvalue weighted by Gasteiger charge is 2.25. The summed E-state index contributed by atoms with van der Waals surface area (Å²) in [5.74, 6) is -0.480. The number of amides is 1. The first-order valence-electron chi connectivity index (χ1n) is 9.62. The minimum atomic E-state index is -0.288. The smallest absolute Gasteiger partial charge is 0.276 e. The van der Waals surface area contributed by atoms with Crippen LogP contribution in [0.4, 0.5) is 4.39 Å². The van der Waals surface area contributed by atoms with Gasteiger partial charge in [-0.25, -0.2) is 9.07 Å². The molecular weight excluding hydrogens is 373 g/mol. The molecule has 4 rings (SSSR count). The lowest BCUT2D eigenvalue weighted by Crippen LogP contribution is -2.37. The molecule has 8 heteroatoms. The number of rotatable bonds is 7. The summed E-state index contributed by atoms with van der Waals surface area (Å²) in [5, 5.41) is 8.12. The Hall–Kier alpha value is -3.13. The van der Waals surface area contributed by atoms with Crippen molar-refractivity contribution in [2.24, 2.45) is 0 Å². The molecule has 0 N–H and O–H groups in total. The topological polar surface area (TPSA) is 73.1 Å². The van der Waals surface area contributed by atoms with Crippen molar-refractivity contribution in [1.29, 1.82) is 0 Å². The van der Waals surface area contributed by atoms with Crippen molar-refractivity contribution in [2.75, 3.05) is 13.2 Å². The molecule has 1 saturated heterocycles. The van der Waals surface area contributed by atoms with Crippen molar-refractivity contribution >= 4 is 5.91 Å². The summed E-state index contributed by atoms with van der Waals surface area (Å²) in [5.41, 5.74) is 2.15. The van der Waals surface area contributed by atoms with Crippen molar-refractivity contribution < 1.29 is 13.9 Å². The van der Waals surface area contributed by atoms with Gasteiger partial charge in [0.05, 0.1) is 18.8 Å². The SMILES string of the molecule is O=C(c1cn(Cc2ccc(F)cc2)nn1)N(Cc1ccncc1)C[C@H]1CCCO1. The third-order valence-corrected chi connectivity index (χ3v) is 4.87. The fourth-order valence-electron chi connectivity index (χ4n) is 3.37. The lowest BCUT2D eigenvalue weighted by Gasteiger charge is -2.24. The van der Waals surface area contributed by atoms with Gasteiger partial charge in [0, 0.05) is 32.1 Å². The molecule has 1 amide bonds. The van der Waals surface area contributed by atoms with E-state index in [-0.39, 0.29) is 23.5 Å². The van der Waals surface area contributed by atoms with Gasteiger partial charge in [0.1, 0.15) is 5.82 Å². The van der Waals surface area contributed by atoms with Gasteiger partial charge >= 0.3 is 0 Å². The molecule has 150 valence electrons. The number of carbonyl (C=O) groups excluding carboxylic acids is 1. The van der Waals surface area contributed by atoms with E-state index in [4.69, 9.17) is 4.74 Å². The molecule has 0 unspecified atom stereocenters. The van der Waals surface area contributed by atoms with E-state index in [1.807, 2.05) is 12.1 Å². The van der Waals surface area contributed by atoms with Gasteiger partial charge in [-0.05, 0) is 48.2 Å². The molecule has 7 nitrogen and oxygen atoms in total. The standard InChI is InChI=1S/C21H22FN5O2/c22-18-5-3-16(4-6-18)13-27-15-20(24-25-27)21(28)26(14-19-2-1-11-29-19)12-17-7-9-23-10-8-17/h3-10,15,19H,1-2,11-14H2/t19-/m1/s1. The van der Waals surface area contributed by atoms with Gasteiger partial charge in [0.2, 0.25) is 0 Å². The Balaban J connectivity index is 1.48. The fourth-order valence-corrected chi connectivity index (χ4v) is 3.37. The van der Waals surface area contributed by atoms with Gasteiger partial charge in [0.25, 0.3) is 5.91 Å². The van der Waals surface area contributed by atoms with Crippen LogP contribution in [0.2, 0.25) is 0 Å². The maximum absolute atomic E-state index is 13.1. The Morgan fingerprint density at radius 2 is 1.97 bits per heavy atom. The molecule has 0 spiro atoms. The normalized spacial score (nSPS) is 16.1. The zero-order chi connectivity index (χ0) is 20.1. The van der Waals surface area contributed by atoms with Gasteiger partial charge in [-0.1, -0.05) is 17.3 Å². The van der Waals surface area contributed by atoms with Gasteiger partial charge in [-0.15, -0.1) is 5.10 Å². The van der Waals surface area contributed by atoms with Crippen LogP contribution in [0.15, 0.2) is 55.0 Å². The summed E-state index contributed by atoms with van der Waals surface area (Å²) in [4.78, 5) is 18.9. The quantitative estimate of drug-likeness (QED) is 0.615. The van der Waals surface area contributed by atoms with E-state index in [9.17, 15) is 9.18 Å². The highest BCUT2D eigenvalue weighted by atomic mass is 19.1. The zero-order valence-electron chi connectivity index (χ0n) is 15.9. The summed E-state index contributed by atoms with van der Waals surface area (Å²) in [6, 6.07) is 9.95. The van der Waals surface area contributed by atoms with Crippen molar-refractivity contribution in [1.82, 2.24) is 24.9 Å². The second-order valence-electron chi connectivity index (χ2n) is 7.10. The minimum absolute atomic E-state index is 0.0371. The number of nitrogens with zero attached hydrogens (tertiary/aromatic N) is 5. The maximum Gasteiger partial charge on any atom is 0.276 e. The molecule has 0 saturated carbocycles. The lowest BCUT2D eigenvalue weighted by atomic mass is 10.2. The Labute approximate surface area is 168 Å². The summed E-state index contributed by atoms with van der Waals surface area (Å²) < 4.78 is 20.4. The first kappa shape index (κ1) is 19.2. The predicted molar refractivity (Wildman–Crippen MR) is 103 cm³/mol. The van der Waals surface area contributed by atoms with E-state index in [2.05, 4.69) is 15.3 Å². The Morgan fingerprint density at radius 1 is 1.17 bits per heavy atom. The van der Waals surface area contributed by atoms with Crippen molar-refractivity contribution in [3.63, 3.8) is 0 Å². The van der Waals surface area contributed by atoms with Crippen LogP contribution in [-0.2, 0) is 17.8 Å². The average molecular weight is 395 g/mol. The van der Waals surface area contributed by atoms with Crippen LogP contribution in [0.3, 0.4) is 0 Å². The van der Waals surface area contributed by atoms with Crippen LogP contribution in [0.25, 0.3) is 0 Å². The molecule has 1 aliphatic heterocycles. The molecule has 1 aromatic carbocycles. The van der Waals surface area contributed by atoms with Crippen molar-refractivity contribution in [3.8, 4) is 0 Å². The number of halogens is 1. The number of benzene rings is 1. The van der Waals surface area contributed by atoms with Crippen LogP contribution in [0.5, 0.6) is 0 Å². The van der Waals surface area contributed by atoms with E-state index in [0.29, 0.717) is 19.6 Å². The van der Waals surface area contributed by atoms with E-state index in [0.717, 1.165) is 30.6 Å². The van der Waals surface area contributed by atoms with Crippen molar-refractivity contribution in [2.45, 2.75) is 32.0 Å². The van der Waals surface area contributed by atoms with Crippen LogP contribution >= 0.6 is 0 Å². The summed E-state index contributed by atoms with van der Waals surface area (Å²) >= 11 is 0. The zero-order valence-corrected chi connectivity index (χ0v) is 15.9. The van der Waals surface area contributed by atoms with Gasteiger partial charge in [-0.3, -0.25) is 9.78 Å². The average Bonchev–Trinajstić information content (AvgIpc) is 3.42. The Bertz CT molecular complexity index is 939. The Morgan fingerprint density at radius 3 is 2.69 bits per heavy atom. The van der Waals surface area contributed by atoms with E-state index < -0.39 is 0 Å². The molecule has 0 aliphatic carbocycles. The number of ether oxygens (including phenoxy) is 1. The monoisotopic (exact) mass is 395 g/mol. The molecule has 1 aliphatic rings. The number of hydrogen-bond acceptors (Lipinski definition) is 5. The number of pyridine rings is 1. The third-order valence-electron chi connectivity index (χ3n) is 4.87. The van der Waals surface area contributed by atoms with Gasteiger partial charge in [0.15, 0.2) is 5.69 Å². The number of aromatic nitrogens is 4. The van der Waals surface area contributed by atoms with Gasteiger partial charge < -0.3 is 9.64 Å². The molecular formula is C21H22FN5O2. The number of carbonyl (C=O) groups is 1. The third kappa shape index (κ3) is 5.03. The molecule has 2 aromatic heterocycles. The molecule has 0 bridgehead atoms. The molecule has 1 atom stereocenters.